The summed E-state index contributed by atoms with van der Waals surface area (Å²) < 4.78 is 0. The van der Waals surface area contributed by atoms with E-state index in [-0.39, 0.29) is 5.84 Å². The second-order valence-electron chi connectivity index (χ2n) is 10.9. The molecule has 1 unspecified atom stereocenters. The number of likely N-dealkylation sites (tertiary alicyclic amines) is 1. The van der Waals surface area contributed by atoms with Gasteiger partial charge in [-0.05, 0) is 111 Å². The number of nitrogens with zero attached hydrogens (tertiary/aromatic N) is 3. The van der Waals surface area contributed by atoms with Gasteiger partial charge in [-0.25, -0.2) is 5.01 Å². The van der Waals surface area contributed by atoms with E-state index in [0.29, 0.717) is 17.7 Å². The van der Waals surface area contributed by atoms with Gasteiger partial charge in [-0.2, -0.15) is 0 Å². The minimum absolute atomic E-state index is 0.177. The zero-order chi connectivity index (χ0) is 26.1. The lowest BCUT2D eigenvalue weighted by Crippen LogP contribution is -2.48. The summed E-state index contributed by atoms with van der Waals surface area (Å²) in [6, 6.07) is 15.4. The summed E-state index contributed by atoms with van der Waals surface area (Å²) in [4.78, 5) is 2.69. The number of anilines is 1. The van der Waals surface area contributed by atoms with E-state index in [1.54, 1.807) is 6.08 Å². The molecule has 0 bridgehead atoms. The van der Waals surface area contributed by atoms with E-state index in [1.165, 1.54) is 60.5 Å². The number of guanidine groups is 1. The third-order valence-electron chi connectivity index (χ3n) is 8.43. The van der Waals surface area contributed by atoms with Gasteiger partial charge in [-0.3, -0.25) is 16.6 Å². The summed E-state index contributed by atoms with van der Waals surface area (Å²) in [5.41, 5.74) is 13.7. The Morgan fingerprint density at radius 3 is 2.61 bits per heavy atom. The number of aryl methyl sites for hydroxylation is 3. The van der Waals surface area contributed by atoms with Gasteiger partial charge < -0.3 is 15.5 Å². The van der Waals surface area contributed by atoms with Crippen LogP contribution in [0.2, 0.25) is 0 Å². The fraction of sp³-hybridized carbons (Fsp3) is 0.433. The summed E-state index contributed by atoms with van der Waals surface area (Å²) in [5.74, 6) is 0.710. The van der Waals surface area contributed by atoms with E-state index in [4.69, 9.17) is 16.6 Å². The van der Waals surface area contributed by atoms with Gasteiger partial charge in [-0.15, -0.1) is 5.10 Å². The SMILES string of the molecule is N=C1/C(=C\C(=N)N2N=C(Nc3ccc4c(c3)CC[C@@H](N3CCCC3)CC4)NC2N)CCCc2ccccc21. The predicted octanol–water partition coefficient (Wildman–Crippen LogP) is 4.17. The van der Waals surface area contributed by atoms with Crippen molar-refractivity contribution in [2.24, 2.45) is 10.8 Å². The topological polar surface area (TPSA) is 117 Å². The fourth-order valence-corrected chi connectivity index (χ4v) is 6.37. The van der Waals surface area contributed by atoms with Crippen molar-refractivity contribution < 1.29 is 0 Å². The van der Waals surface area contributed by atoms with Crippen LogP contribution in [0.25, 0.3) is 0 Å². The summed E-state index contributed by atoms with van der Waals surface area (Å²) in [6.45, 7) is 2.52. The van der Waals surface area contributed by atoms with E-state index in [2.05, 4.69) is 44.9 Å². The van der Waals surface area contributed by atoms with Crippen molar-refractivity contribution in [2.75, 3.05) is 18.4 Å². The molecular weight excluding hydrogens is 472 g/mol. The highest BCUT2D eigenvalue weighted by atomic mass is 15.6. The molecule has 8 heteroatoms. The minimum Gasteiger partial charge on any atom is -0.325 e. The van der Waals surface area contributed by atoms with Gasteiger partial charge in [0.2, 0.25) is 5.96 Å². The molecule has 0 amide bonds. The zero-order valence-corrected chi connectivity index (χ0v) is 22.0. The molecule has 2 aliphatic carbocycles. The zero-order valence-electron chi connectivity index (χ0n) is 22.0. The normalized spacial score (nSPS) is 24.8. The highest BCUT2D eigenvalue weighted by Crippen LogP contribution is 2.28. The van der Waals surface area contributed by atoms with E-state index < -0.39 is 6.29 Å². The number of amidine groups is 1. The number of hydrogen-bond donors (Lipinski definition) is 5. The highest BCUT2D eigenvalue weighted by molar-refractivity contribution is 6.14. The molecular formula is C30H38N8. The van der Waals surface area contributed by atoms with E-state index in [9.17, 15) is 0 Å². The monoisotopic (exact) mass is 510 g/mol. The van der Waals surface area contributed by atoms with Crippen molar-refractivity contribution in [1.82, 2.24) is 15.2 Å². The molecule has 2 aliphatic heterocycles. The highest BCUT2D eigenvalue weighted by Gasteiger charge is 2.27. The Morgan fingerprint density at radius 2 is 1.76 bits per heavy atom. The number of allylic oxidation sites excluding steroid dienone is 1. The second-order valence-corrected chi connectivity index (χ2v) is 10.9. The van der Waals surface area contributed by atoms with Crippen LogP contribution in [0.5, 0.6) is 0 Å². The van der Waals surface area contributed by atoms with Gasteiger partial charge in [0.05, 0.1) is 5.71 Å². The molecule has 2 heterocycles. The maximum atomic E-state index is 8.74. The number of nitrogens with one attached hydrogen (secondary N) is 4. The van der Waals surface area contributed by atoms with Crippen LogP contribution in [0.3, 0.4) is 0 Å². The minimum atomic E-state index is -0.642. The Balaban J connectivity index is 1.13. The first kappa shape index (κ1) is 24.8. The quantitative estimate of drug-likeness (QED) is 0.241. The molecule has 198 valence electrons. The molecule has 8 nitrogen and oxygen atoms in total. The molecule has 2 aromatic carbocycles. The summed E-state index contributed by atoms with van der Waals surface area (Å²) >= 11 is 0. The predicted molar refractivity (Wildman–Crippen MR) is 154 cm³/mol. The molecule has 2 aromatic rings. The summed E-state index contributed by atoms with van der Waals surface area (Å²) in [6.07, 6.45) is 11.2. The molecule has 1 saturated heterocycles. The van der Waals surface area contributed by atoms with Crippen LogP contribution < -0.4 is 16.4 Å². The third kappa shape index (κ3) is 5.11. The van der Waals surface area contributed by atoms with Crippen LogP contribution in [-0.4, -0.2) is 52.8 Å². The average Bonchev–Trinajstić information content (AvgIpc) is 3.49. The van der Waals surface area contributed by atoms with E-state index >= 15 is 0 Å². The van der Waals surface area contributed by atoms with Crippen LogP contribution in [0, 0.1) is 10.8 Å². The first-order chi connectivity index (χ1) is 18.5. The van der Waals surface area contributed by atoms with E-state index in [0.717, 1.165) is 48.9 Å². The first-order valence-electron chi connectivity index (χ1n) is 14.0. The smallest absolute Gasteiger partial charge is 0.221 e. The molecule has 6 rings (SSSR count). The van der Waals surface area contributed by atoms with Gasteiger partial charge in [-0.1, -0.05) is 30.3 Å². The van der Waals surface area contributed by atoms with Gasteiger partial charge in [0.25, 0.3) is 0 Å². The van der Waals surface area contributed by atoms with Crippen LogP contribution in [-0.2, 0) is 19.3 Å². The molecule has 6 N–H and O–H groups in total. The number of fused-ring (bicyclic) bond motifs is 2. The van der Waals surface area contributed by atoms with Crippen molar-refractivity contribution >= 4 is 23.2 Å². The molecule has 0 saturated carbocycles. The van der Waals surface area contributed by atoms with Crippen molar-refractivity contribution in [3.8, 4) is 0 Å². The Morgan fingerprint density at radius 1 is 0.974 bits per heavy atom. The molecule has 0 radical (unpaired) electrons. The first-order valence-corrected chi connectivity index (χ1v) is 14.0. The fourth-order valence-electron chi connectivity index (χ4n) is 6.37. The molecule has 4 aliphatic rings. The van der Waals surface area contributed by atoms with Crippen molar-refractivity contribution in [3.63, 3.8) is 0 Å². The summed E-state index contributed by atoms with van der Waals surface area (Å²) in [7, 11) is 0. The van der Waals surface area contributed by atoms with Gasteiger partial charge in [0, 0.05) is 17.3 Å². The standard InChI is InChI=1S/C30H38N8/c31-27(19-23-8-5-7-21-6-1-2-9-26(21)28(23)32)38-29(33)35-30(36-38)34-24-13-10-20-11-14-25(15-12-22(20)18-24)37-16-3-4-17-37/h1-2,6,9-10,13,18-19,25,29,31-32H,3-5,7-8,11-12,14-17,33H2,(H2,34,35,36)/b23-19-,31-27?,32-28?/t25-,29?/m0/s1. The van der Waals surface area contributed by atoms with Crippen LogP contribution in [0.15, 0.2) is 59.2 Å². The largest absolute Gasteiger partial charge is 0.325 e. The van der Waals surface area contributed by atoms with Crippen molar-refractivity contribution in [1.29, 1.82) is 10.8 Å². The van der Waals surface area contributed by atoms with Crippen LogP contribution >= 0.6 is 0 Å². The van der Waals surface area contributed by atoms with Crippen molar-refractivity contribution in [3.05, 3.63) is 76.4 Å². The second kappa shape index (κ2) is 10.7. The third-order valence-corrected chi connectivity index (χ3v) is 8.43. The van der Waals surface area contributed by atoms with Crippen molar-refractivity contribution in [2.45, 2.75) is 70.1 Å². The lowest BCUT2D eigenvalue weighted by Gasteiger charge is -2.25. The molecule has 0 aromatic heterocycles. The van der Waals surface area contributed by atoms with Gasteiger partial charge in [0.15, 0.2) is 6.29 Å². The Hall–Kier alpha value is -3.49. The van der Waals surface area contributed by atoms with Crippen LogP contribution in [0.1, 0.15) is 60.8 Å². The van der Waals surface area contributed by atoms with E-state index in [1.807, 2.05) is 18.2 Å². The molecule has 38 heavy (non-hydrogen) atoms. The number of nitrogens with two attached hydrogens (primary N) is 1. The molecule has 2 atom stereocenters. The number of hydrazone groups is 1. The Bertz CT molecular complexity index is 1290. The van der Waals surface area contributed by atoms with Crippen LogP contribution in [0.4, 0.5) is 5.69 Å². The Labute approximate surface area is 225 Å². The molecule has 0 spiro atoms. The maximum absolute atomic E-state index is 8.74. The lowest BCUT2D eigenvalue weighted by molar-refractivity contribution is 0.222. The lowest BCUT2D eigenvalue weighted by atomic mass is 9.99. The number of hydrogen-bond acceptors (Lipinski definition) is 7. The Kier molecular flexibility index (Phi) is 7.00. The summed E-state index contributed by atoms with van der Waals surface area (Å²) in [5, 5.41) is 30.0. The number of rotatable bonds is 3. The average molecular weight is 511 g/mol. The van der Waals surface area contributed by atoms with Gasteiger partial charge >= 0.3 is 0 Å². The number of benzene rings is 2. The maximum Gasteiger partial charge on any atom is 0.221 e. The van der Waals surface area contributed by atoms with Gasteiger partial charge in [0.1, 0.15) is 5.84 Å². The molecule has 1 fully saturated rings.